The van der Waals surface area contributed by atoms with Gasteiger partial charge in [-0.15, -0.1) is 11.3 Å². The molecule has 1 aliphatic carbocycles. The molecule has 2 aromatic rings. The second-order valence-electron chi connectivity index (χ2n) is 7.12. The first-order chi connectivity index (χ1) is 14.8. The summed E-state index contributed by atoms with van der Waals surface area (Å²) in [6, 6.07) is 7.09. The smallest absolute Gasteiger partial charge is 0.321 e. The van der Waals surface area contributed by atoms with Crippen molar-refractivity contribution in [3.63, 3.8) is 0 Å². The minimum Gasteiger partial charge on any atom is -0.546 e. The van der Waals surface area contributed by atoms with E-state index in [2.05, 4.69) is 21.2 Å². The number of benzene rings is 1. The summed E-state index contributed by atoms with van der Waals surface area (Å²) in [5, 5.41) is 25.0. The van der Waals surface area contributed by atoms with Crippen LogP contribution in [0.3, 0.4) is 0 Å². The molecule has 0 spiro atoms. The van der Waals surface area contributed by atoms with Gasteiger partial charge in [-0.2, -0.15) is 0 Å². The monoisotopic (exact) mass is 508 g/mol. The largest absolute Gasteiger partial charge is 0.546 e. The zero-order valence-corrected chi connectivity index (χ0v) is 19.2. The SMILES string of the molecule is CNC(=O)N(c1cccc(-c2sc(C(=O)[O-])c(OCC(=O)[O-])c2Br)c1)C1CCCCC1. The fraction of sp³-hybridized carbons (Fsp3) is 0.381. The Morgan fingerprint density at radius 1 is 1.23 bits per heavy atom. The highest BCUT2D eigenvalue weighted by molar-refractivity contribution is 9.10. The van der Waals surface area contributed by atoms with Crippen LogP contribution in [0.15, 0.2) is 28.7 Å². The molecule has 8 nitrogen and oxygen atoms in total. The van der Waals surface area contributed by atoms with Crippen molar-refractivity contribution >= 4 is 50.9 Å². The van der Waals surface area contributed by atoms with E-state index in [-0.39, 0.29) is 22.7 Å². The summed E-state index contributed by atoms with van der Waals surface area (Å²) >= 11 is 4.23. The van der Waals surface area contributed by atoms with Gasteiger partial charge in [-0.3, -0.25) is 4.90 Å². The molecule has 0 atom stereocenters. The first kappa shape index (κ1) is 23.1. The number of carboxylic acids is 2. The van der Waals surface area contributed by atoms with Gasteiger partial charge >= 0.3 is 6.03 Å². The average molecular weight is 509 g/mol. The number of nitrogens with zero attached hydrogens (tertiary/aromatic N) is 1. The first-order valence-electron chi connectivity index (χ1n) is 9.81. The van der Waals surface area contributed by atoms with E-state index < -0.39 is 18.5 Å². The van der Waals surface area contributed by atoms with Crippen LogP contribution in [0.5, 0.6) is 5.75 Å². The van der Waals surface area contributed by atoms with Gasteiger partial charge in [-0.1, -0.05) is 31.4 Å². The molecular weight excluding hydrogens is 488 g/mol. The molecule has 166 valence electrons. The number of carboxylic acid groups (broad SMARTS) is 2. The number of carbonyl (C=O) groups excluding carboxylic acids is 3. The molecule has 1 saturated carbocycles. The zero-order valence-electron chi connectivity index (χ0n) is 16.8. The van der Waals surface area contributed by atoms with Crippen LogP contribution in [0.25, 0.3) is 10.4 Å². The Morgan fingerprint density at radius 2 is 1.94 bits per heavy atom. The third-order valence-electron chi connectivity index (χ3n) is 5.09. The van der Waals surface area contributed by atoms with E-state index in [4.69, 9.17) is 4.74 Å². The Labute approximate surface area is 192 Å². The number of halogens is 1. The molecule has 1 aliphatic rings. The molecule has 1 N–H and O–H groups in total. The predicted molar refractivity (Wildman–Crippen MR) is 116 cm³/mol. The fourth-order valence-corrected chi connectivity index (χ4v) is 5.61. The summed E-state index contributed by atoms with van der Waals surface area (Å²) in [6.07, 6.45) is 5.10. The van der Waals surface area contributed by atoms with Crippen molar-refractivity contribution in [1.82, 2.24) is 5.32 Å². The van der Waals surface area contributed by atoms with E-state index in [1.165, 1.54) is 0 Å². The maximum atomic E-state index is 12.7. The van der Waals surface area contributed by atoms with Gasteiger partial charge in [0.2, 0.25) is 0 Å². The van der Waals surface area contributed by atoms with E-state index in [1.807, 2.05) is 12.1 Å². The number of hydrogen-bond acceptors (Lipinski definition) is 7. The molecule has 1 fully saturated rings. The number of urea groups is 1. The summed E-state index contributed by atoms with van der Waals surface area (Å²) in [6.45, 7) is -0.790. The molecule has 1 heterocycles. The van der Waals surface area contributed by atoms with E-state index in [0.717, 1.165) is 43.4 Å². The highest BCUT2D eigenvalue weighted by atomic mass is 79.9. The van der Waals surface area contributed by atoms with Gasteiger partial charge in [0.05, 0.1) is 26.2 Å². The normalized spacial score (nSPS) is 14.1. The summed E-state index contributed by atoms with van der Waals surface area (Å²) in [4.78, 5) is 37.0. The van der Waals surface area contributed by atoms with Gasteiger partial charge in [0.15, 0.2) is 5.75 Å². The van der Waals surface area contributed by atoms with Crippen LogP contribution in [0.2, 0.25) is 0 Å². The van der Waals surface area contributed by atoms with Crippen molar-refractivity contribution in [2.24, 2.45) is 0 Å². The van der Waals surface area contributed by atoms with Crippen molar-refractivity contribution in [2.75, 3.05) is 18.6 Å². The van der Waals surface area contributed by atoms with E-state index in [1.54, 1.807) is 24.1 Å². The third-order valence-corrected chi connectivity index (χ3v) is 7.31. The van der Waals surface area contributed by atoms with E-state index in [0.29, 0.717) is 20.6 Å². The zero-order chi connectivity index (χ0) is 22.5. The van der Waals surface area contributed by atoms with Crippen LogP contribution < -0.4 is 25.2 Å². The second-order valence-corrected chi connectivity index (χ2v) is 8.93. The van der Waals surface area contributed by atoms with Crippen molar-refractivity contribution in [3.05, 3.63) is 33.6 Å². The lowest BCUT2D eigenvalue weighted by Gasteiger charge is -2.34. The molecule has 10 heteroatoms. The van der Waals surface area contributed by atoms with Crippen molar-refractivity contribution in [1.29, 1.82) is 0 Å². The van der Waals surface area contributed by atoms with Gasteiger partial charge in [-0.25, -0.2) is 4.79 Å². The Bertz CT molecular complexity index is 986. The van der Waals surface area contributed by atoms with Crippen LogP contribution in [0, 0.1) is 0 Å². The molecular formula is C21H21BrN2O6S-2. The van der Waals surface area contributed by atoms with E-state index in [9.17, 15) is 24.6 Å². The molecule has 0 saturated heterocycles. The van der Waals surface area contributed by atoms with Crippen molar-refractivity contribution in [3.8, 4) is 16.2 Å². The Balaban J connectivity index is 2.02. The van der Waals surface area contributed by atoms with E-state index >= 15 is 0 Å². The maximum absolute atomic E-state index is 12.7. The number of aromatic carboxylic acids is 1. The summed E-state index contributed by atoms with van der Waals surface area (Å²) in [7, 11) is 1.59. The van der Waals surface area contributed by atoms with Crippen molar-refractivity contribution in [2.45, 2.75) is 38.1 Å². The first-order valence-corrected chi connectivity index (χ1v) is 11.4. The summed E-state index contributed by atoms with van der Waals surface area (Å²) in [5.41, 5.74) is 1.35. The molecule has 0 unspecified atom stereocenters. The number of carbonyl (C=O) groups is 3. The Morgan fingerprint density at radius 3 is 2.55 bits per heavy atom. The van der Waals surface area contributed by atoms with Gasteiger partial charge in [0.25, 0.3) is 0 Å². The summed E-state index contributed by atoms with van der Waals surface area (Å²) < 4.78 is 5.43. The maximum Gasteiger partial charge on any atom is 0.321 e. The second kappa shape index (κ2) is 10.1. The number of thiophene rings is 1. The van der Waals surface area contributed by atoms with Crippen LogP contribution >= 0.6 is 27.3 Å². The minimum absolute atomic E-state index is 0.0801. The number of anilines is 1. The van der Waals surface area contributed by atoms with Crippen LogP contribution in [-0.4, -0.2) is 37.7 Å². The summed E-state index contributed by atoms with van der Waals surface area (Å²) in [5.74, 6) is -3.07. The molecule has 3 rings (SSSR count). The highest BCUT2D eigenvalue weighted by Crippen LogP contribution is 2.46. The van der Waals surface area contributed by atoms with Crippen LogP contribution in [0.1, 0.15) is 41.8 Å². The van der Waals surface area contributed by atoms with Gasteiger partial charge in [0, 0.05) is 18.8 Å². The fourth-order valence-electron chi connectivity index (χ4n) is 3.73. The molecule has 2 amide bonds. The standard InChI is InChI=1S/C21H23BrN2O6S/c1-23-21(29)24(13-7-3-2-4-8-13)14-9-5-6-12(10-14)18-16(22)17(30-11-15(25)26)19(31-18)20(27)28/h5-6,9-10,13H,2-4,7-8,11H2,1H3,(H,23,29)(H,25,26)(H,27,28)/p-2. The third kappa shape index (κ3) is 5.19. The lowest BCUT2D eigenvalue weighted by atomic mass is 9.94. The number of ether oxygens (including phenoxy) is 1. The molecule has 0 aliphatic heterocycles. The quantitative estimate of drug-likeness (QED) is 0.611. The van der Waals surface area contributed by atoms with Gasteiger partial charge in [-0.05, 0) is 46.5 Å². The lowest BCUT2D eigenvalue weighted by molar-refractivity contribution is -0.307. The molecule has 31 heavy (non-hydrogen) atoms. The van der Waals surface area contributed by atoms with Crippen molar-refractivity contribution < 1.29 is 29.3 Å². The molecule has 0 radical (unpaired) electrons. The predicted octanol–water partition coefficient (Wildman–Crippen LogP) is 2.15. The van der Waals surface area contributed by atoms with Gasteiger partial charge < -0.3 is 29.9 Å². The van der Waals surface area contributed by atoms with Crippen LogP contribution in [0.4, 0.5) is 10.5 Å². The topological polar surface area (TPSA) is 122 Å². The number of aliphatic carboxylic acids is 1. The number of hydrogen-bond donors (Lipinski definition) is 1. The number of amides is 2. The van der Waals surface area contributed by atoms with Crippen LogP contribution in [-0.2, 0) is 4.79 Å². The highest BCUT2D eigenvalue weighted by Gasteiger charge is 2.27. The number of nitrogens with one attached hydrogen (secondary N) is 1. The van der Waals surface area contributed by atoms with Gasteiger partial charge in [0.1, 0.15) is 6.61 Å². The number of rotatable bonds is 7. The average Bonchev–Trinajstić information content (AvgIpc) is 3.09. The minimum atomic E-state index is -1.48. The molecule has 0 bridgehead atoms. The Hall–Kier alpha value is -2.59. The Kier molecular flexibility index (Phi) is 7.55. The lowest BCUT2D eigenvalue weighted by Crippen LogP contribution is -2.46. The molecule has 1 aromatic carbocycles. The molecule has 1 aromatic heterocycles.